The van der Waals surface area contributed by atoms with Gasteiger partial charge in [-0.2, -0.15) is 21.6 Å². The van der Waals surface area contributed by atoms with E-state index in [-0.39, 0.29) is 22.5 Å². The molecule has 2 aliphatic carbocycles. The number of fused-ring (bicyclic) bond motifs is 5. The maximum absolute atomic E-state index is 13.0. The van der Waals surface area contributed by atoms with Gasteiger partial charge in [-0.15, -0.1) is 11.8 Å². The van der Waals surface area contributed by atoms with E-state index in [2.05, 4.69) is 27.7 Å². The molecule has 4 rings (SSSR count). The fourth-order valence-corrected chi connectivity index (χ4v) is 9.14. The quantitative estimate of drug-likeness (QED) is 0.371. The number of benzene rings is 1. The van der Waals surface area contributed by atoms with Gasteiger partial charge < -0.3 is 4.18 Å². The summed E-state index contributed by atoms with van der Waals surface area (Å²) in [5.74, 6) is 1.52. The van der Waals surface area contributed by atoms with Crippen molar-refractivity contribution >= 4 is 21.9 Å². The van der Waals surface area contributed by atoms with Gasteiger partial charge in [-0.1, -0.05) is 40.2 Å². The Labute approximate surface area is 181 Å². The molecule has 0 spiro atoms. The zero-order valence-electron chi connectivity index (χ0n) is 17.8. The van der Waals surface area contributed by atoms with E-state index in [0.717, 1.165) is 36.3 Å². The van der Waals surface area contributed by atoms with Crippen molar-refractivity contribution in [1.82, 2.24) is 0 Å². The number of alkyl halides is 3. The van der Waals surface area contributed by atoms with Gasteiger partial charge in [0.15, 0.2) is 0 Å². The number of rotatable bonds is 2. The number of hydrogen-bond donors (Lipinski definition) is 0. The van der Waals surface area contributed by atoms with Gasteiger partial charge in [0.2, 0.25) is 0 Å². The predicted molar refractivity (Wildman–Crippen MR) is 112 cm³/mol. The van der Waals surface area contributed by atoms with Crippen LogP contribution in [0, 0.1) is 22.7 Å². The van der Waals surface area contributed by atoms with Crippen LogP contribution >= 0.6 is 11.8 Å². The van der Waals surface area contributed by atoms with Crippen LogP contribution in [-0.2, 0) is 15.5 Å². The van der Waals surface area contributed by atoms with Gasteiger partial charge in [-0.25, -0.2) is 0 Å². The molecule has 4 atom stereocenters. The zero-order chi connectivity index (χ0) is 22.2. The minimum absolute atomic E-state index is 0.0649. The molecule has 168 valence electrons. The van der Waals surface area contributed by atoms with E-state index in [0.29, 0.717) is 11.5 Å². The van der Waals surface area contributed by atoms with Crippen molar-refractivity contribution in [1.29, 1.82) is 0 Å². The van der Waals surface area contributed by atoms with Crippen molar-refractivity contribution in [3.05, 3.63) is 23.8 Å². The summed E-state index contributed by atoms with van der Waals surface area (Å²) in [7, 11) is -5.72. The van der Waals surface area contributed by atoms with Crippen LogP contribution in [0.5, 0.6) is 5.75 Å². The molecule has 30 heavy (non-hydrogen) atoms. The predicted octanol–water partition coefficient (Wildman–Crippen LogP) is 6.52. The summed E-state index contributed by atoms with van der Waals surface area (Å²) in [4.78, 5) is 0.834. The first kappa shape index (κ1) is 22.3. The lowest BCUT2D eigenvalue weighted by atomic mass is 9.43. The fraction of sp³-hybridized carbons (Fsp3) is 0.727. The highest BCUT2D eigenvalue weighted by molar-refractivity contribution is 7.99. The minimum Gasteiger partial charge on any atom is -0.376 e. The third-order valence-electron chi connectivity index (χ3n) is 8.24. The number of halogens is 3. The van der Waals surface area contributed by atoms with Crippen molar-refractivity contribution < 1.29 is 25.8 Å². The summed E-state index contributed by atoms with van der Waals surface area (Å²) < 4.78 is 67.4. The van der Waals surface area contributed by atoms with E-state index < -0.39 is 21.0 Å². The van der Waals surface area contributed by atoms with Crippen molar-refractivity contribution in [2.24, 2.45) is 22.7 Å². The first-order chi connectivity index (χ1) is 13.7. The largest absolute Gasteiger partial charge is 0.534 e. The van der Waals surface area contributed by atoms with Crippen molar-refractivity contribution in [3.63, 3.8) is 0 Å². The van der Waals surface area contributed by atoms with Crippen LogP contribution in [-0.4, -0.2) is 19.7 Å². The van der Waals surface area contributed by atoms with E-state index in [1.54, 1.807) is 17.8 Å². The van der Waals surface area contributed by atoms with Crippen LogP contribution in [0.3, 0.4) is 0 Å². The third-order valence-corrected chi connectivity index (χ3v) is 10.4. The monoisotopic (exact) mass is 462 g/mol. The second kappa shape index (κ2) is 6.80. The molecule has 0 aromatic heterocycles. The molecule has 3 nitrogen and oxygen atoms in total. The smallest absolute Gasteiger partial charge is 0.376 e. The van der Waals surface area contributed by atoms with E-state index >= 15 is 0 Å². The van der Waals surface area contributed by atoms with Gasteiger partial charge in [0.05, 0.1) is 0 Å². The Hall–Kier alpha value is -0.890. The first-order valence-corrected chi connectivity index (χ1v) is 12.9. The van der Waals surface area contributed by atoms with Crippen molar-refractivity contribution in [2.75, 3.05) is 5.75 Å². The highest BCUT2D eigenvalue weighted by Gasteiger charge is 2.61. The van der Waals surface area contributed by atoms with E-state index in [4.69, 9.17) is 4.18 Å². The van der Waals surface area contributed by atoms with Gasteiger partial charge >= 0.3 is 15.6 Å². The first-order valence-electron chi connectivity index (χ1n) is 10.5. The summed E-state index contributed by atoms with van der Waals surface area (Å²) in [6.45, 7) is 9.13. The highest BCUT2D eigenvalue weighted by atomic mass is 32.2. The summed E-state index contributed by atoms with van der Waals surface area (Å²) in [5.41, 5.74) is -4.93. The molecule has 1 aliphatic heterocycles. The van der Waals surface area contributed by atoms with Gasteiger partial charge in [0.1, 0.15) is 5.75 Å². The second-order valence-electron chi connectivity index (χ2n) is 10.3. The molecule has 3 aliphatic rings. The summed E-state index contributed by atoms with van der Waals surface area (Å²) in [5, 5.41) is 0. The Morgan fingerprint density at radius 3 is 2.43 bits per heavy atom. The van der Waals surface area contributed by atoms with Crippen LogP contribution in [0.25, 0.3) is 0 Å². The molecule has 0 N–H and O–H groups in total. The Kier molecular flexibility index (Phi) is 5.06. The molecule has 0 saturated heterocycles. The highest BCUT2D eigenvalue weighted by Crippen LogP contribution is 2.68. The third kappa shape index (κ3) is 3.19. The molecular formula is C22H29F3O3S2. The van der Waals surface area contributed by atoms with Crippen LogP contribution in [0.2, 0.25) is 0 Å². The molecule has 1 aromatic carbocycles. The SMILES string of the molecule is CC1(C)CCCC2(C)C1CCC1(C)c3c(OS(=O)(=O)C(F)(F)F)cccc3SCC12. The molecule has 1 aromatic rings. The summed E-state index contributed by atoms with van der Waals surface area (Å²) in [6, 6.07) is 4.82. The number of hydrogen-bond acceptors (Lipinski definition) is 4. The van der Waals surface area contributed by atoms with Crippen molar-refractivity contribution in [2.45, 2.75) is 75.6 Å². The van der Waals surface area contributed by atoms with Crippen LogP contribution in [0.15, 0.2) is 23.1 Å². The molecular weight excluding hydrogens is 433 g/mol. The topological polar surface area (TPSA) is 43.4 Å². The Bertz CT molecular complexity index is 957. The average molecular weight is 463 g/mol. The van der Waals surface area contributed by atoms with Crippen LogP contribution in [0.1, 0.15) is 65.4 Å². The molecule has 1 heterocycles. The van der Waals surface area contributed by atoms with Gasteiger partial charge in [0, 0.05) is 21.6 Å². The minimum atomic E-state index is -5.72. The molecule has 8 heteroatoms. The van der Waals surface area contributed by atoms with Gasteiger partial charge in [-0.05, 0) is 60.5 Å². The van der Waals surface area contributed by atoms with E-state index in [1.165, 1.54) is 12.5 Å². The summed E-state index contributed by atoms with van der Waals surface area (Å²) in [6.07, 6.45) is 5.24. The second-order valence-corrected chi connectivity index (χ2v) is 12.9. The maximum Gasteiger partial charge on any atom is 0.534 e. The Balaban J connectivity index is 1.81. The normalized spacial score (nSPS) is 35.7. The van der Waals surface area contributed by atoms with E-state index in [1.807, 2.05) is 6.07 Å². The number of thioether (sulfide) groups is 1. The van der Waals surface area contributed by atoms with Crippen LogP contribution in [0.4, 0.5) is 13.2 Å². The average Bonchev–Trinajstić information content (AvgIpc) is 2.59. The van der Waals surface area contributed by atoms with E-state index in [9.17, 15) is 21.6 Å². The fourth-order valence-electron chi connectivity index (χ4n) is 6.93. The Morgan fingerprint density at radius 2 is 1.77 bits per heavy atom. The molecule has 0 bridgehead atoms. The Morgan fingerprint density at radius 1 is 1.07 bits per heavy atom. The lowest BCUT2D eigenvalue weighted by Gasteiger charge is -2.64. The van der Waals surface area contributed by atoms with Crippen LogP contribution < -0.4 is 4.18 Å². The maximum atomic E-state index is 13.0. The van der Waals surface area contributed by atoms with Crippen molar-refractivity contribution in [3.8, 4) is 5.75 Å². The van der Waals surface area contributed by atoms with Gasteiger partial charge in [-0.3, -0.25) is 0 Å². The summed E-state index contributed by atoms with van der Waals surface area (Å²) >= 11 is 1.62. The molecule has 0 radical (unpaired) electrons. The lowest BCUT2D eigenvalue weighted by molar-refractivity contribution is -0.0976. The van der Waals surface area contributed by atoms with Gasteiger partial charge in [0.25, 0.3) is 0 Å². The molecule has 2 fully saturated rings. The standard InChI is InChI=1S/C22H29F3O3S2/c1-19(2)10-6-11-20(3)16(19)9-12-21(4)17(20)13-29-15-8-5-7-14(18(15)21)28-30(26,27)22(23,24)25/h5,7-8,16-17H,6,9-13H2,1-4H3. The molecule has 2 saturated carbocycles. The zero-order valence-corrected chi connectivity index (χ0v) is 19.4. The lowest BCUT2D eigenvalue weighted by Crippen LogP contribution is -2.58. The molecule has 4 unspecified atom stereocenters. The molecule has 0 amide bonds.